The van der Waals surface area contributed by atoms with Crippen LogP contribution in [0.15, 0.2) is 67.1 Å². The van der Waals surface area contributed by atoms with Gasteiger partial charge in [-0.3, -0.25) is 14.8 Å². The van der Waals surface area contributed by atoms with Crippen LogP contribution in [0.5, 0.6) is 0 Å². The largest absolute Gasteiger partial charge is 0.296 e. The van der Waals surface area contributed by atoms with Crippen molar-refractivity contribution in [3.05, 3.63) is 84.2 Å². The van der Waals surface area contributed by atoms with Crippen molar-refractivity contribution in [2.24, 2.45) is 0 Å². The molecule has 0 saturated carbocycles. The van der Waals surface area contributed by atoms with Crippen LogP contribution in [0.2, 0.25) is 0 Å². The number of nitrogens with zero attached hydrogens (tertiary/aromatic N) is 6. The zero-order valence-corrected chi connectivity index (χ0v) is 16.8. The van der Waals surface area contributed by atoms with Crippen LogP contribution in [0.3, 0.4) is 0 Å². The minimum absolute atomic E-state index is 0.165. The van der Waals surface area contributed by atoms with Crippen LogP contribution in [0.1, 0.15) is 17.3 Å². The average Bonchev–Trinajstić information content (AvgIpc) is 3.19. The molecule has 0 radical (unpaired) electrons. The van der Waals surface area contributed by atoms with E-state index in [0.29, 0.717) is 0 Å². The molecule has 0 bridgehead atoms. The fourth-order valence-electron chi connectivity index (χ4n) is 4.11. The van der Waals surface area contributed by atoms with Crippen LogP contribution in [-0.2, 0) is 6.54 Å². The van der Waals surface area contributed by atoms with E-state index < -0.39 is 0 Å². The quantitative estimate of drug-likeness (QED) is 0.524. The molecule has 1 fully saturated rings. The molecule has 0 unspecified atom stereocenters. The highest BCUT2D eigenvalue weighted by atomic mass is 19.1. The highest BCUT2D eigenvalue weighted by Crippen LogP contribution is 2.28. The summed E-state index contributed by atoms with van der Waals surface area (Å²) >= 11 is 0. The second-order valence-electron chi connectivity index (χ2n) is 7.82. The van der Waals surface area contributed by atoms with Crippen molar-refractivity contribution in [1.82, 2.24) is 29.6 Å². The molecule has 152 valence electrons. The first kappa shape index (κ1) is 18.8. The summed E-state index contributed by atoms with van der Waals surface area (Å²) in [5.41, 5.74) is 4.96. The highest BCUT2D eigenvalue weighted by Gasteiger charge is 2.29. The molecule has 4 aromatic rings. The second-order valence-corrected chi connectivity index (χ2v) is 7.82. The molecule has 0 aliphatic carbocycles. The number of pyridine rings is 2. The van der Waals surface area contributed by atoms with E-state index in [9.17, 15) is 4.39 Å². The Kier molecular flexibility index (Phi) is 4.98. The van der Waals surface area contributed by atoms with Crippen molar-refractivity contribution in [3.63, 3.8) is 0 Å². The first-order chi connectivity index (χ1) is 14.7. The Hall–Kier alpha value is -3.16. The summed E-state index contributed by atoms with van der Waals surface area (Å²) in [7, 11) is 2.14. The van der Waals surface area contributed by atoms with Gasteiger partial charge in [-0.1, -0.05) is 23.4 Å². The predicted molar refractivity (Wildman–Crippen MR) is 113 cm³/mol. The lowest BCUT2D eigenvalue weighted by Crippen LogP contribution is -2.46. The van der Waals surface area contributed by atoms with E-state index in [1.54, 1.807) is 10.6 Å². The van der Waals surface area contributed by atoms with Crippen molar-refractivity contribution in [2.75, 3.05) is 26.7 Å². The zero-order valence-electron chi connectivity index (χ0n) is 16.8. The van der Waals surface area contributed by atoms with Crippen LogP contribution < -0.4 is 0 Å². The molecule has 1 aromatic carbocycles. The number of rotatable bonds is 4. The fraction of sp³-hybridized carbons (Fsp3) is 0.261. The smallest absolute Gasteiger partial charge is 0.123 e. The van der Waals surface area contributed by atoms with Crippen LogP contribution in [0.4, 0.5) is 4.39 Å². The van der Waals surface area contributed by atoms with Gasteiger partial charge in [-0.05, 0) is 48.5 Å². The Bertz CT molecular complexity index is 1160. The summed E-state index contributed by atoms with van der Waals surface area (Å²) < 4.78 is 15.4. The van der Waals surface area contributed by atoms with Crippen LogP contribution in [0.25, 0.3) is 16.6 Å². The zero-order chi connectivity index (χ0) is 20.5. The second kappa shape index (κ2) is 7.93. The first-order valence-corrected chi connectivity index (χ1v) is 10.1. The van der Waals surface area contributed by atoms with E-state index >= 15 is 0 Å². The fourth-order valence-corrected chi connectivity index (χ4v) is 4.11. The lowest BCUT2D eigenvalue weighted by molar-refractivity contribution is 0.0889. The molecule has 1 saturated heterocycles. The minimum Gasteiger partial charge on any atom is -0.296 e. The van der Waals surface area contributed by atoms with E-state index in [2.05, 4.69) is 44.3 Å². The number of likely N-dealkylation sites (N-methyl/N-ethyl adjacent to an activating group) is 1. The normalized spacial score (nSPS) is 18.1. The van der Waals surface area contributed by atoms with Gasteiger partial charge in [0.05, 0.1) is 11.6 Å². The van der Waals surface area contributed by atoms with Crippen LogP contribution in [-0.4, -0.2) is 56.3 Å². The number of aromatic nitrogens is 4. The number of benzene rings is 1. The molecule has 0 amide bonds. The topological polar surface area (TPSA) is 49.6 Å². The average molecular weight is 402 g/mol. The molecule has 1 aliphatic heterocycles. The number of fused-ring (bicyclic) bond motifs is 1. The maximum atomic E-state index is 13.6. The molecule has 6 nitrogen and oxygen atoms in total. The number of hydrogen-bond donors (Lipinski definition) is 0. The summed E-state index contributed by atoms with van der Waals surface area (Å²) in [5, 5.41) is 8.89. The molecule has 5 rings (SSSR count). The maximum Gasteiger partial charge on any atom is 0.123 e. The number of piperazine rings is 1. The molecular weight excluding hydrogens is 379 g/mol. The molecule has 0 N–H and O–H groups in total. The molecular formula is C23H23FN6. The molecule has 3 aromatic heterocycles. The molecule has 7 heteroatoms. The number of halogens is 1. The minimum atomic E-state index is -0.245. The summed E-state index contributed by atoms with van der Waals surface area (Å²) in [5.74, 6) is -0.245. The van der Waals surface area contributed by atoms with E-state index in [1.165, 1.54) is 17.7 Å². The summed E-state index contributed by atoms with van der Waals surface area (Å²) in [6, 6.07) is 14.9. The van der Waals surface area contributed by atoms with Gasteiger partial charge in [-0.25, -0.2) is 8.91 Å². The van der Waals surface area contributed by atoms with E-state index in [4.69, 9.17) is 0 Å². The van der Waals surface area contributed by atoms with Crippen molar-refractivity contribution >= 4 is 5.52 Å². The molecule has 4 heterocycles. The Morgan fingerprint density at radius 3 is 2.73 bits per heavy atom. The van der Waals surface area contributed by atoms with Crippen molar-refractivity contribution in [3.8, 4) is 11.1 Å². The first-order valence-electron chi connectivity index (χ1n) is 10.1. The molecule has 0 spiro atoms. The molecule has 1 aliphatic rings. The summed E-state index contributed by atoms with van der Waals surface area (Å²) in [6.45, 7) is 3.77. The van der Waals surface area contributed by atoms with Crippen LogP contribution >= 0.6 is 0 Å². The van der Waals surface area contributed by atoms with Gasteiger partial charge < -0.3 is 0 Å². The lowest BCUT2D eigenvalue weighted by atomic mass is 10.1. The Labute approximate surface area is 174 Å². The molecule has 30 heavy (non-hydrogen) atoms. The third-order valence-corrected chi connectivity index (χ3v) is 5.80. The summed E-state index contributed by atoms with van der Waals surface area (Å²) in [4.78, 5) is 8.90. The summed E-state index contributed by atoms with van der Waals surface area (Å²) in [6.07, 6.45) is 5.59. The number of hydrogen-bond acceptors (Lipinski definition) is 5. The van der Waals surface area contributed by atoms with Gasteiger partial charge in [0.2, 0.25) is 0 Å². The third kappa shape index (κ3) is 3.69. The Balaban J connectivity index is 1.42. The SMILES string of the molecule is CN1CCN(Cc2ccncc2)C[C@@H]1c1nnn2cc(-c3cccc(F)c3)ccc12. The third-order valence-electron chi connectivity index (χ3n) is 5.80. The standard InChI is InChI=1S/C23H23FN6/c1-28-11-12-29(14-17-7-9-25-10-8-17)16-22(28)23-21-6-5-19(15-30(21)27-26-23)18-3-2-4-20(24)13-18/h2-10,13,15,22H,11-12,14,16H2,1H3/t22-/m1/s1. The van der Waals surface area contributed by atoms with E-state index in [0.717, 1.165) is 48.5 Å². The van der Waals surface area contributed by atoms with E-state index in [-0.39, 0.29) is 11.9 Å². The van der Waals surface area contributed by atoms with E-state index in [1.807, 2.05) is 36.8 Å². The lowest BCUT2D eigenvalue weighted by Gasteiger charge is -2.38. The Morgan fingerprint density at radius 1 is 1.03 bits per heavy atom. The van der Waals surface area contributed by atoms with Gasteiger partial charge in [-0.2, -0.15) is 0 Å². The predicted octanol–water partition coefficient (Wildman–Crippen LogP) is 3.42. The van der Waals surface area contributed by atoms with Crippen molar-refractivity contribution < 1.29 is 4.39 Å². The van der Waals surface area contributed by atoms with Gasteiger partial charge in [0.1, 0.15) is 11.5 Å². The van der Waals surface area contributed by atoms with Gasteiger partial charge >= 0.3 is 0 Å². The van der Waals surface area contributed by atoms with Crippen molar-refractivity contribution in [1.29, 1.82) is 0 Å². The molecule has 1 atom stereocenters. The van der Waals surface area contributed by atoms with Crippen LogP contribution in [0, 0.1) is 5.82 Å². The highest BCUT2D eigenvalue weighted by molar-refractivity contribution is 5.66. The maximum absolute atomic E-state index is 13.6. The van der Waals surface area contributed by atoms with Crippen molar-refractivity contribution in [2.45, 2.75) is 12.6 Å². The van der Waals surface area contributed by atoms with Gasteiger partial charge in [0.25, 0.3) is 0 Å². The monoisotopic (exact) mass is 402 g/mol. The van der Waals surface area contributed by atoms with Gasteiger partial charge in [0, 0.05) is 50.3 Å². The van der Waals surface area contributed by atoms with Gasteiger partial charge in [-0.15, -0.1) is 5.10 Å². The Morgan fingerprint density at radius 2 is 1.90 bits per heavy atom. The van der Waals surface area contributed by atoms with Gasteiger partial charge in [0.15, 0.2) is 0 Å².